The van der Waals surface area contributed by atoms with Gasteiger partial charge in [-0.25, -0.2) is 9.18 Å². The summed E-state index contributed by atoms with van der Waals surface area (Å²) in [7, 11) is 0. The lowest BCUT2D eigenvalue weighted by molar-refractivity contribution is 0.0696. The summed E-state index contributed by atoms with van der Waals surface area (Å²) in [5.74, 6) is -1.01. The Hall–Kier alpha value is -3.13. The van der Waals surface area contributed by atoms with Crippen molar-refractivity contribution in [2.75, 3.05) is 0 Å². The maximum atomic E-state index is 13.7. The van der Waals surface area contributed by atoms with E-state index < -0.39 is 11.8 Å². The molecule has 1 N–H and O–H groups in total. The molecule has 0 aromatic heterocycles. The maximum absolute atomic E-state index is 13.7. The van der Waals surface area contributed by atoms with Crippen LogP contribution in [0.4, 0.5) is 4.39 Å². The van der Waals surface area contributed by atoms with Crippen LogP contribution in [0.1, 0.15) is 34.0 Å². The molecule has 23 heavy (non-hydrogen) atoms. The van der Waals surface area contributed by atoms with Crippen molar-refractivity contribution in [3.8, 4) is 11.8 Å². The van der Waals surface area contributed by atoms with E-state index in [0.29, 0.717) is 33.6 Å². The third kappa shape index (κ3) is 2.55. The van der Waals surface area contributed by atoms with E-state index in [-0.39, 0.29) is 12.2 Å². The second-order valence-corrected chi connectivity index (χ2v) is 5.22. The van der Waals surface area contributed by atoms with Crippen molar-refractivity contribution in [3.05, 3.63) is 70.0 Å². The smallest absolute Gasteiger partial charge is 0.335 e. The summed E-state index contributed by atoms with van der Waals surface area (Å²) in [4.78, 5) is 11.2. The van der Waals surface area contributed by atoms with Gasteiger partial charge in [-0.05, 0) is 48.4 Å². The van der Waals surface area contributed by atoms with Gasteiger partial charge in [0.1, 0.15) is 18.2 Å². The molecule has 5 heteroatoms. The number of hydrogen-bond donors (Lipinski definition) is 1. The summed E-state index contributed by atoms with van der Waals surface area (Å²) in [6.45, 7) is 1.79. The Bertz CT molecular complexity index is 894. The Labute approximate surface area is 132 Å². The van der Waals surface area contributed by atoms with Gasteiger partial charge in [0.2, 0.25) is 0 Å². The molecule has 4 nitrogen and oxygen atoms in total. The number of allylic oxidation sites excluding steroid dienone is 1. The van der Waals surface area contributed by atoms with Gasteiger partial charge in [-0.2, -0.15) is 5.26 Å². The first-order chi connectivity index (χ1) is 11.0. The number of carboxylic acid groups (broad SMARTS) is 1. The number of halogens is 1. The molecule has 114 valence electrons. The van der Waals surface area contributed by atoms with Gasteiger partial charge in [-0.3, -0.25) is 0 Å². The Morgan fingerprint density at radius 1 is 1.26 bits per heavy atom. The topological polar surface area (TPSA) is 70.3 Å². The predicted molar refractivity (Wildman–Crippen MR) is 81.4 cm³/mol. The van der Waals surface area contributed by atoms with Gasteiger partial charge in [-0.1, -0.05) is 6.07 Å². The summed E-state index contributed by atoms with van der Waals surface area (Å²) in [6.07, 6.45) is 0. The number of rotatable bonds is 1. The van der Waals surface area contributed by atoms with Gasteiger partial charge >= 0.3 is 5.97 Å². The second-order valence-electron chi connectivity index (χ2n) is 5.22. The summed E-state index contributed by atoms with van der Waals surface area (Å²) in [5.41, 5.74) is 2.92. The lowest BCUT2D eigenvalue weighted by Crippen LogP contribution is -2.02. The van der Waals surface area contributed by atoms with Gasteiger partial charge in [0.25, 0.3) is 0 Å². The van der Waals surface area contributed by atoms with Crippen LogP contribution in [0.15, 0.2) is 42.0 Å². The zero-order chi connectivity index (χ0) is 16.6. The number of hydrogen-bond acceptors (Lipinski definition) is 3. The molecule has 0 bridgehead atoms. The molecule has 0 amide bonds. The molecule has 2 aromatic rings. The molecular formula is C18H12FNO3. The van der Waals surface area contributed by atoms with Gasteiger partial charge < -0.3 is 9.84 Å². The van der Waals surface area contributed by atoms with Crippen molar-refractivity contribution >= 4 is 11.5 Å². The number of fused-ring (bicyclic) bond motifs is 2. The average Bonchev–Trinajstić information content (AvgIpc) is 2.69. The highest BCUT2D eigenvalue weighted by molar-refractivity contribution is 5.92. The molecule has 0 saturated carbocycles. The van der Waals surface area contributed by atoms with E-state index in [9.17, 15) is 14.4 Å². The van der Waals surface area contributed by atoms with Crippen LogP contribution in [0, 0.1) is 17.1 Å². The predicted octanol–water partition coefficient (Wildman–Crippen LogP) is 3.76. The Morgan fingerprint density at radius 2 is 2.04 bits per heavy atom. The monoisotopic (exact) mass is 309 g/mol. The van der Waals surface area contributed by atoms with E-state index in [2.05, 4.69) is 6.07 Å². The fourth-order valence-electron chi connectivity index (χ4n) is 2.67. The van der Waals surface area contributed by atoms with Gasteiger partial charge in [0.05, 0.1) is 11.6 Å². The van der Waals surface area contributed by atoms with Crippen molar-refractivity contribution in [1.82, 2.24) is 0 Å². The largest absolute Gasteiger partial charge is 0.488 e. The molecule has 2 aromatic carbocycles. The van der Waals surface area contributed by atoms with Crippen LogP contribution in [-0.4, -0.2) is 11.1 Å². The Morgan fingerprint density at radius 3 is 2.74 bits per heavy atom. The Balaban J connectivity index is 2.32. The van der Waals surface area contributed by atoms with Gasteiger partial charge in [0.15, 0.2) is 0 Å². The van der Waals surface area contributed by atoms with Crippen LogP contribution in [0.3, 0.4) is 0 Å². The van der Waals surface area contributed by atoms with E-state index in [1.165, 1.54) is 30.3 Å². The molecule has 0 spiro atoms. The normalized spacial score (nSPS) is 14.7. The first-order valence-corrected chi connectivity index (χ1v) is 6.91. The first-order valence-electron chi connectivity index (χ1n) is 6.91. The van der Waals surface area contributed by atoms with Gasteiger partial charge in [0, 0.05) is 16.7 Å². The highest BCUT2D eigenvalue weighted by Gasteiger charge is 2.23. The minimum Gasteiger partial charge on any atom is -0.488 e. The van der Waals surface area contributed by atoms with Crippen molar-refractivity contribution in [1.29, 1.82) is 5.26 Å². The molecule has 1 heterocycles. The van der Waals surface area contributed by atoms with Gasteiger partial charge in [-0.15, -0.1) is 0 Å². The number of nitriles is 1. The summed E-state index contributed by atoms with van der Waals surface area (Å²) in [6, 6.07) is 10.8. The molecular weight excluding hydrogens is 297 g/mol. The highest BCUT2D eigenvalue weighted by atomic mass is 19.1. The molecule has 3 rings (SSSR count). The van der Waals surface area contributed by atoms with Crippen LogP contribution in [0.5, 0.6) is 5.75 Å². The van der Waals surface area contributed by atoms with E-state index in [4.69, 9.17) is 9.84 Å². The first kappa shape index (κ1) is 14.8. The van der Waals surface area contributed by atoms with Crippen LogP contribution in [-0.2, 0) is 6.61 Å². The minimum absolute atomic E-state index is 0.137. The van der Waals surface area contributed by atoms with E-state index >= 15 is 0 Å². The van der Waals surface area contributed by atoms with Crippen molar-refractivity contribution in [2.24, 2.45) is 0 Å². The van der Waals surface area contributed by atoms with E-state index in [0.717, 1.165) is 0 Å². The second kappa shape index (κ2) is 5.58. The van der Waals surface area contributed by atoms with Crippen molar-refractivity contribution in [2.45, 2.75) is 13.5 Å². The highest BCUT2D eigenvalue weighted by Crippen LogP contribution is 2.39. The third-order valence-electron chi connectivity index (χ3n) is 3.76. The number of carbonyl (C=O) groups is 1. The van der Waals surface area contributed by atoms with Crippen molar-refractivity contribution < 1.29 is 19.0 Å². The lowest BCUT2D eigenvalue weighted by atomic mass is 9.90. The summed E-state index contributed by atoms with van der Waals surface area (Å²) in [5, 5.41) is 18.4. The number of benzene rings is 2. The molecule has 0 saturated heterocycles. The lowest BCUT2D eigenvalue weighted by Gasteiger charge is -2.11. The molecule has 0 aliphatic carbocycles. The van der Waals surface area contributed by atoms with Crippen LogP contribution in [0.2, 0.25) is 0 Å². The quantitative estimate of drug-likeness (QED) is 0.814. The molecule has 0 fully saturated rings. The molecule has 0 unspecified atom stereocenters. The zero-order valence-corrected chi connectivity index (χ0v) is 12.3. The Kier molecular flexibility index (Phi) is 3.59. The maximum Gasteiger partial charge on any atom is 0.335 e. The zero-order valence-electron chi connectivity index (χ0n) is 12.3. The SMILES string of the molecule is C/C(C#N)=C1/c2ccc(C(=O)O)cc2COc2ccc(F)cc21. The van der Waals surface area contributed by atoms with E-state index in [1.807, 2.05) is 0 Å². The van der Waals surface area contributed by atoms with Crippen molar-refractivity contribution in [3.63, 3.8) is 0 Å². The van der Waals surface area contributed by atoms with Crippen LogP contribution >= 0.6 is 0 Å². The summed E-state index contributed by atoms with van der Waals surface area (Å²) >= 11 is 0. The number of aromatic carboxylic acids is 1. The van der Waals surface area contributed by atoms with Crippen LogP contribution < -0.4 is 4.74 Å². The minimum atomic E-state index is -1.04. The fourth-order valence-corrected chi connectivity index (χ4v) is 2.67. The molecule has 0 radical (unpaired) electrons. The summed E-state index contributed by atoms with van der Waals surface area (Å²) < 4.78 is 19.4. The number of ether oxygens (including phenoxy) is 1. The van der Waals surface area contributed by atoms with E-state index in [1.54, 1.807) is 13.0 Å². The number of carboxylic acids is 1. The standard InChI is InChI=1S/C18H12FNO3/c1-10(8-20)17-14-4-2-11(18(21)22)6-12(14)9-23-16-5-3-13(19)7-15(16)17/h2-7H,9H2,1H3,(H,21,22)/b17-10+. The molecule has 1 aliphatic heterocycles. The average molecular weight is 309 g/mol. The third-order valence-corrected chi connectivity index (χ3v) is 3.76. The molecule has 0 atom stereocenters. The fraction of sp³-hybridized carbons (Fsp3) is 0.111. The molecule has 1 aliphatic rings. The van der Waals surface area contributed by atoms with Crippen LogP contribution in [0.25, 0.3) is 5.57 Å². The number of nitrogens with zero attached hydrogens (tertiary/aromatic N) is 1.